The molecule has 0 aromatic carbocycles. The Hall–Kier alpha value is -0.770. The molecular formula is C19H36N2O2. The topological polar surface area (TPSA) is 32.8 Å². The molecule has 2 rings (SSSR count). The summed E-state index contributed by atoms with van der Waals surface area (Å²) in [5.41, 5.74) is -0.394. The molecule has 4 nitrogen and oxygen atoms in total. The van der Waals surface area contributed by atoms with E-state index in [9.17, 15) is 4.79 Å². The van der Waals surface area contributed by atoms with Crippen molar-refractivity contribution in [3.63, 3.8) is 0 Å². The summed E-state index contributed by atoms with van der Waals surface area (Å²) in [6.45, 7) is 13.6. The number of piperidine rings is 2. The summed E-state index contributed by atoms with van der Waals surface area (Å²) < 4.78 is 5.55. The summed E-state index contributed by atoms with van der Waals surface area (Å²) in [4.78, 5) is 16.9. The van der Waals surface area contributed by atoms with Gasteiger partial charge < -0.3 is 14.5 Å². The molecule has 0 bridgehead atoms. The Morgan fingerprint density at radius 2 is 1.78 bits per heavy atom. The predicted molar refractivity (Wildman–Crippen MR) is 94.6 cm³/mol. The van der Waals surface area contributed by atoms with Crippen LogP contribution in [0.2, 0.25) is 0 Å². The number of rotatable bonds is 4. The third-order valence-electron chi connectivity index (χ3n) is 5.24. The lowest BCUT2D eigenvalue weighted by Crippen LogP contribution is -2.46. The van der Waals surface area contributed by atoms with Crippen molar-refractivity contribution < 1.29 is 9.53 Å². The molecule has 0 saturated carbocycles. The van der Waals surface area contributed by atoms with Gasteiger partial charge in [-0.25, -0.2) is 4.79 Å². The largest absolute Gasteiger partial charge is 0.444 e. The van der Waals surface area contributed by atoms with Gasteiger partial charge in [0.2, 0.25) is 0 Å². The molecule has 1 amide bonds. The molecule has 0 aromatic heterocycles. The number of unbranched alkanes of at least 4 members (excludes halogenated alkanes) is 1. The van der Waals surface area contributed by atoms with Crippen molar-refractivity contribution in [2.75, 3.05) is 32.7 Å². The van der Waals surface area contributed by atoms with Crippen LogP contribution >= 0.6 is 0 Å². The van der Waals surface area contributed by atoms with E-state index in [4.69, 9.17) is 4.74 Å². The molecular weight excluding hydrogens is 288 g/mol. The minimum atomic E-state index is -0.394. The van der Waals surface area contributed by atoms with Crippen LogP contribution in [0.5, 0.6) is 0 Å². The zero-order valence-electron chi connectivity index (χ0n) is 15.6. The molecule has 0 N–H and O–H groups in total. The lowest BCUT2D eigenvalue weighted by atomic mass is 9.80. The number of carbonyl (C=O) groups excluding carboxylic acids is 1. The molecule has 4 heteroatoms. The summed E-state index contributed by atoms with van der Waals surface area (Å²) in [5.74, 6) is 1.46. The number of hydrogen-bond acceptors (Lipinski definition) is 3. The number of nitrogens with zero attached hydrogens (tertiary/aromatic N) is 2. The standard InChI is InChI=1S/C19H36N2O2/c1-5-6-11-20-13-9-16(10-14-20)17-8-7-12-21(15-17)18(22)23-19(2,3)4/h16-17H,5-15H2,1-4H3. The summed E-state index contributed by atoms with van der Waals surface area (Å²) in [5, 5.41) is 0. The Kier molecular flexibility index (Phi) is 6.75. The quantitative estimate of drug-likeness (QED) is 0.779. The minimum absolute atomic E-state index is 0.123. The van der Waals surface area contributed by atoms with Gasteiger partial charge in [-0.15, -0.1) is 0 Å². The van der Waals surface area contributed by atoms with Crippen molar-refractivity contribution in [1.29, 1.82) is 0 Å². The summed E-state index contributed by atoms with van der Waals surface area (Å²) >= 11 is 0. The highest BCUT2D eigenvalue weighted by atomic mass is 16.6. The van der Waals surface area contributed by atoms with Crippen LogP contribution in [0.1, 0.15) is 66.2 Å². The molecule has 23 heavy (non-hydrogen) atoms. The van der Waals surface area contributed by atoms with Crippen LogP contribution in [-0.2, 0) is 4.74 Å². The second-order valence-corrected chi connectivity index (χ2v) is 8.36. The molecule has 134 valence electrons. The Bertz CT molecular complexity index is 370. The number of amides is 1. The SMILES string of the molecule is CCCCN1CCC(C2CCCN(C(=O)OC(C)(C)C)C2)CC1. The average Bonchev–Trinajstić information content (AvgIpc) is 2.52. The lowest BCUT2D eigenvalue weighted by Gasteiger charge is -2.41. The Morgan fingerprint density at radius 3 is 2.39 bits per heavy atom. The van der Waals surface area contributed by atoms with Crippen LogP contribution in [-0.4, -0.2) is 54.2 Å². The van der Waals surface area contributed by atoms with Gasteiger partial charge in [0.05, 0.1) is 0 Å². The molecule has 2 aliphatic rings. The fourth-order valence-corrected chi connectivity index (χ4v) is 3.92. The van der Waals surface area contributed by atoms with Gasteiger partial charge in [-0.1, -0.05) is 13.3 Å². The van der Waals surface area contributed by atoms with E-state index < -0.39 is 5.60 Å². The highest BCUT2D eigenvalue weighted by Gasteiger charge is 2.33. The van der Waals surface area contributed by atoms with Gasteiger partial charge in [0.15, 0.2) is 0 Å². The van der Waals surface area contributed by atoms with Crippen LogP contribution < -0.4 is 0 Å². The van der Waals surface area contributed by atoms with E-state index in [1.54, 1.807) is 0 Å². The Balaban J connectivity index is 1.79. The molecule has 1 atom stereocenters. The Labute approximate surface area is 142 Å². The van der Waals surface area contributed by atoms with Crippen molar-refractivity contribution in [1.82, 2.24) is 9.80 Å². The Morgan fingerprint density at radius 1 is 1.09 bits per heavy atom. The second-order valence-electron chi connectivity index (χ2n) is 8.36. The van der Waals surface area contributed by atoms with Gasteiger partial charge >= 0.3 is 6.09 Å². The average molecular weight is 325 g/mol. The van der Waals surface area contributed by atoms with Crippen LogP contribution in [0.3, 0.4) is 0 Å². The maximum Gasteiger partial charge on any atom is 0.410 e. The molecule has 0 aliphatic carbocycles. The monoisotopic (exact) mass is 324 g/mol. The van der Waals surface area contributed by atoms with Crippen molar-refractivity contribution in [2.45, 2.75) is 71.8 Å². The first kappa shape index (κ1) is 18.6. The smallest absolute Gasteiger partial charge is 0.410 e. The molecule has 1 unspecified atom stereocenters. The molecule has 2 aliphatic heterocycles. The summed E-state index contributed by atoms with van der Waals surface area (Å²) in [6.07, 6.45) is 7.49. The van der Waals surface area contributed by atoms with E-state index in [0.29, 0.717) is 5.92 Å². The van der Waals surface area contributed by atoms with Gasteiger partial charge in [0, 0.05) is 13.1 Å². The van der Waals surface area contributed by atoms with Crippen LogP contribution in [0.4, 0.5) is 4.79 Å². The normalized spacial score (nSPS) is 24.7. The predicted octanol–water partition coefficient (Wildman–Crippen LogP) is 4.15. The van der Waals surface area contributed by atoms with Crippen LogP contribution in [0, 0.1) is 11.8 Å². The van der Waals surface area contributed by atoms with E-state index in [0.717, 1.165) is 25.4 Å². The van der Waals surface area contributed by atoms with E-state index in [2.05, 4.69) is 11.8 Å². The van der Waals surface area contributed by atoms with E-state index in [-0.39, 0.29) is 6.09 Å². The first-order valence-electron chi connectivity index (χ1n) is 9.59. The molecule has 2 fully saturated rings. The third kappa shape index (κ3) is 5.98. The zero-order valence-corrected chi connectivity index (χ0v) is 15.6. The van der Waals surface area contributed by atoms with Crippen molar-refractivity contribution in [3.05, 3.63) is 0 Å². The highest BCUT2D eigenvalue weighted by molar-refractivity contribution is 5.68. The molecule has 0 aromatic rings. The highest BCUT2D eigenvalue weighted by Crippen LogP contribution is 2.32. The third-order valence-corrected chi connectivity index (χ3v) is 5.24. The van der Waals surface area contributed by atoms with Crippen LogP contribution in [0.25, 0.3) is 0 Å². The minimum Gasteiger partial charge on any atom is -0.444 e. The fourth-order valence-electron chi connectivity index (χ4n) is 3.92. The maximum atomic E-state index is 12.3. The van der Waals surface area contributed by atoms with E-state index in [1.807, 2.05) is 25.7 Å². The number of ether oxygens (including phenoxy) is 1. The van der Waals surface area contributed by atoms with Crippen molar-refractivity contribution >= 4 is 6.09 Å². The maximum absolute atomic E-state index is 12.3. The molecule has 0 radical (unpaired) electrons. The number of hydrogen-bond donors (Lipinski definition) is 0. The zero-order chi connectivity index (χ0) is 16.9. The van der Waals surface area contributed by atoms with Crippen LogP contribution in [0.15, 0.2) is 0 Å². The van der Waals surface area contributed by atoms with Gasteiger partial charge in [0.1, 0.15) is 5.60 Å². The molecule has 2 saturated heterocycles. The summed E-state index contributed by atoms with van der Waals surface area (Å²) in [7, 11) is 0. The second kappa shape index (κ2) is 8.36. The van der Waals surface area contributed by atoms with E-state index >= 15 is 0 Å². The fraction of sp³-hybridized carbons (Fsp3) is 0.947. The number of likely N-dealkylation sites (tertiary alicyclic amines) is 2. The van der Waals surface area contributed by atoms with Crippen molar-refractivity contribution in [2.24, 2.45) is 11.8 Å². The molecule has 0 spiro atoms. The van der Waals surface area contributed by atoms with Crippen molar-refractivity contribution in [3.8, 4) is 0 Å². The first-order chi connectivity index (χ1) is 10.9. The molecule has 2 heterocycles. The first-order valence-corrected chi connectivity index (χ1v) is 9.59. The van der Waals surface area contributed by atoms with Gasteiger partial charge in [-0.2, -0.15) is 0 Å². The van der Waals surface area contributed by atoms with Gasteiger partial charge in [0.25, 0.3) is 0 Å². The van der Waals surface area contributed by atoms with E-state index in [1.165, 1.54) is 51.7 Å². The number of carbonyl (C=O) groups is 1. The van der Waals surface area contributed by atoms with Gasteiger partial charge in [-0.3, -0.25) is 0 Å². The summed E-state index contributed by atoms with van der Waals surface area (Å²) in [6, 6.07) is 0. The lowest BCUT2D eigenvalue weighted by molar-refractivity contribution is 0.00960. The van der Waals surface area contributed by atoms with Gasteiger partial charge in [-0.05, 0) is 84.3 Å².